The predicted octanol–water partition coefficient (Wildman–Crippen LogP) is 1.76. The van der Waals surface area contributed by atoms with Crippen molar-refractivity contribution in [1.29, 1.82) is 0 Å². The molecule has 1 heterocycles. The normalized spacial score (nSPS) is 23.1. The lowest BCUT2D eigenvalue weighted by Gasteiger charge is -2.19. The van der Waals surface area contributed by atoms with Gasteiger partial charge in [-0.3, -0.25) is 4.79 Å². The van der Waals surface area contributed by atoms with Gasteiger partial charge < -0.3 is 23.7 Å². The van der Waals surface area contributed by atoms with Crippen molar-refractivity contribution in [2.75, 3.05) is 21.3 Å². The van der Waals surface area contributed by atoms with Crippen molar-refractivity contribution in [3.8, 4) is 0 Å². The second-order valence-corrected chi connectivity index (χ2v) is 5.00. The van der Waals surface area contributed by atoms with Gasteiger partial charge in [0.25, 0.3) is 0 Å². The van der Waals surface area contributed by atoms with Gasteiger partial charge in [-0.2, -0.15) is 0 Å². The average Bonchev–Trinajstić information content (AvgIpc) is 2.69. The number of carbonyl (C=O) groups excluding carboxylic acids is 2. The number of hydrogen-bond donors (Lipinski definition) is 0. The van der Waals surface area contributed by atoms with Crippen molar-refractivity contribution in [2.45, 2.75) is 46.2 Å². The maximum Gasteiger partial charge on any atom is 0.308 e. The van der Waals surface area contributed by atoms with Gasteiger partial charge in [-0.25, -0.2) is 0 Å². The highest BCUT2D eigenvalue weighted by Crippen LogP contribution is 2.21. The maximum absolute atomic E-state index is 10.7. The van der Waals surface area contributed by atoms with Gasteiger partial charge in [0.1, 0.15) is 5.78 Å². The zero-order valence-corrected chi connectivity index (χ0v) is 13.2. The predicted molar refractivity (Wildman–Crippen MR) is 72.9 cm³/mol. The highest BCUT2D eigenvalue weighted by atomic mass is 16.7. The largest absolute Gasteiger partial charge is 0.435 e. The monoisotopic (exact) mass is 290 g/mol. The molecule has 0 bridgehead atoms. The van der Waals surface area contributed by atoms with Crippen molar-refractivity contribution in [3.05, 3.63) is 0 Å². The SMILES string of the molecule is COC(OC)C(C)CC(C)=O.COC1OC(=O)CC1C. The molecule has 3 atom stereocenters. The van der Waals surface area contributed by atoms with E-state index in [1.54, 1.807) is 28.3 Å². The van der Waals surface area contributed by atoms with Crippen LogP contribution >= 0.6 is 0 Å². The van der Waals surface area contributed by atoms with Crippen LogP contribution in [0.5, 0.6) is 0 Å². The molecule has 1 aliphatic rings. The van der Waals surface area contributed by atoms with Crippen molar-refractivity contribution in [1.82, 2.24) is 0 Å². The maximum atomic E-state index is 10.7. The van der Waals surface area contributed by atoms with Crippen LogP contribution in [0, 0.1) is 11.8 Å². The molecule has 6 nitrogen and oxygen atoms in total. The molecular weight excluding hydrogens is 264 g/mol. The van der Waals surface area contributed by atoms with E-state index in [4.69, 9.17) is 18.9 Å². The number of hydrogen-bond acceptors (Lipinski definition) is 6. The first kappa shape index (κ1) is 19.0. The summed E-state index contributed by atoms with van der Waals surface area (Å²) in [5, 5.41) is 0. The first-order valence-electron chi connectivity index (χ1n) is 6.62. The molecule has 118 valence electrons. The molecule has 0 saturated carbocycles. The van der Waals surface area contributed by atoms with Gasteiger partial charge in [0.15, 0.2) is 6.29 Å². The van der Waals surface area contributed by atoms with Crippen LogP contribution < -0.4 is 0 Å². The van der Waals surface area contributed by atoms with Gasteiger partial charge >= 0.3 is 5.97 Å². The Kier molecular flexibility index (Phi) is 9.37. The Hall–Kier alpha value is -0.980. The van der Waals surface area contributed by atoms with Crippen LogP contribution in [0.2, 0.25) is 0 Å². The highest BCUT2D eigenvalue weighted by Gasteiger charge is 2.30. The van der Waals surface area contributed by atoms with Gasteiger partial charge in [0, 0.05) is 39.6 Å². The second kappa shape index (κ2) is 9.85. The van der Waals surface area contributed by atoms with Crippen molar-refractivity contribution in [2.24, 2.45) is 11.8 Å². The Balaban J connectivity index is 0.000000367. The van der Waals surface area contributed by atoms with E-state index in [1.807, 2.05) is 13.8 Å². The Bertz CT molecular complexity index is 300. The molecule has 1 rings (SSSR count). The molecule has 0 radical (unpaired) electrons. The fourth-order valence-electron chi connectivity index (χ4n) is 2.04. The minimum Gasteiger partial charge on any atom is -0.435 e. The summed E-state index contributed by atoms with van der Waals surface area (Å²) in [4.78, 5) is 21.2. The van der Waals surface area contributed by atoms with E-state index in [2.05, 4.69) is 0 Å². The van der Waals surface area contributed by atoms with Crippen LogP contribution in [0.25, 0.3) is 0 Å². The van der Waals surface area contributed by atoms with Crippen molar-refractivity contribution >= 4 is 11.8 Å². The molecule has 6 heteroatoms. The number of ketones is 1. The molecule has 0 aromatic heterocycles. The summed E-state index contributed by atoms with van der Waals surface area (Å²) in [5.41, 5.74) is 0. The zero-order chi connectivity index (χ0) is 15.7. The number of cyclic esters (lactones) is 1. The van der Waals surface area contributed by atoms with E-state index < -0.39 is 0 Å². The van der Waals surface area contributed by atoms with Crippen LogP contribution in [0.3, 0.4) is 0 Å². The summed E-state index contributed by atoms with van der Waals surface area (Å²) in [6.45, 7) is 5.43. The Labute approximate surface area is 120 Å². The summed E-state index contributed by atoms with van der Waals surface area (Å²) in [6.07, 6.45) is 0.418. The summed E-state index contributed by atoms with van der Waals surface area (Å²) in [5.74, 6) is 0.343. The number of ether oxygens (including phenoxy) is 4. The molecular formula is C14H26O6. The van der Waals surface area contributed by atoms with Crippen molar-refractivity contribution in [3.63, 3.8) is 0 Å². The molecule has 0 aromatic carbocycles. The van der Waals surface area contributed by atoms with Gasteiger partial charge in [0.2, 0.25) is 6.29 Å². The fraction of sp³-hybridized carbons (Fsp3) is 0.857. The number of esters is 1. The molecule has 1 aliphatic heterocycles. The van der Waals surface area contributed by atoms with E-state index in [0.29, 0.717) is 12.8 Å². The lowest BCUT2D eigenvalue weighted by Crippen LogP contribution is -2.23. The van der Waals surface area contributed by atoms with Crippen LogP contribution in [0.15, 0.2) is 0 Å². The summed E-state index contributed by atoms with van der Waals surface area (Å²) in [7, 11) is 4.69. The topological polar surface area (TPSA) is 71.1 Å². The van der Waals surface area contributed by atoms with Crippen molar-refractivity contribution < 1.29 is 28.5 Å². The third-order valence-corrected chi connectivity index (χ3v) is 2.97. The van der Waals surface area contributed by atoms with E-state index in [-0.39, 0.29) is 36.2 Å². The van der Waals surface area contributed by atoms with Gasteiger partial charge in [-0.15, -0.1) is 0 Å². The first-order chi connectivity index (χ1) is 9.35. The van der Waals surface area contributed by atoms with Crippen LogP contribution in [-0.2, 0) is 28.5 Å². The van der Waals surface area contributed by atoms with Gasteiger partial charge in [0.05, 0.1) is 6.42 Å². The zero-order valence-electron chi connectivity index (χ0n) is 13.2. The molecule has 0 spiro atoms. The van der Waals surface area contributed by atoms with Crippen LogP contribution in [0.1, 0.15) is 33.6 Å². The summed E-state index contributed by atoms with van der Waals surface area (Å²) < 4.78 is 19.6. The van der Waals surface area contributed by atoms with Crippen LogP contribution in [-0.4, -0.2) is 45.7 Å². The Morgan fingerprint density at radius 2 is 1.90 bits per heavy atom. The number of carbonyl (C=O) groups is 2. The molecule has 1 fully saturated rings. The number of rotatable bonds is 6. The molecule has 0 N–H and O–H groups in total. The number of methoxy groups -OCH3 is 3. The van der Waals surface area contributed by atoms with E-state index in [0.717, 1.165) is 0 Å². The lowest BCUT2D eigenvalue weighted by atomic mass is 10.1. The summed E-state index contributed by atoms with van der Waals surface area (Å²) >= 11 is 0. The van der Waals surface area contributed by atoms with Crippen LogP contribution in [0.4, 0.5) is 0 Å². The molecule has 0 aromatic rings. The van der Waals surface area contributed by atoms with E-state index in [9.17, 15) is 9.59 Å². The van der Waals surface area contributed by atoms with Gasteiger partial charge in [-0.05, 0) is 6.92 Å². The molecule has 0 aliphatic carbocycles. The Morgan fingerprint density at radius 1 is 1.35 bits per heavy atom. The minimum atomic E-state index is -0.308. The molecule has 20 heavy (non-hydrogen) atoms. The third kappa shape index (κ3) is 6.98. The molecule has 1 saturated heterocycles. The average molecular weight is 290 g/mol. The standard InChI is InChI=1S/C8H16O3.C6H10O3/c1-6(5-7(2)9)8(10-3)11-4;1-4-3-5(7)9-6(4)8-2/h6,8H,5H2,1-4H3;4,6H,3H2,1-2H3. The Morgan fingerprint density at radius 3 is 2.15 bits per heavy atom. The summed E-state index contributed by atoms with van der Waals surface area (Å²) in [6, 6.07) is 0. The smallest absolute Gasteiger partial charge is 0.308 e. The molecule has 3 unspecified atom stereocenters. The van der Waals surface area contributed by atoms with Gasteiger partial charge in [-0.1, -0.05) is 13.8 Å². The first-order valence-corrected chi connectivity index (χ1v) is 6.62. The van der Waals surface area contributed by atoms with E-state index >= 15 is 0 Å². The second-order valence-electron chi connectivity index (χ2n) is 5.00. The van der Waals surface area contributed by atoms with E-state index in [1.165, 1.54) is 0 Å². The fourth-order valence-corrected chi connectivity index (χ4v) is 2.04. The highest BCUT2D eigenvalue weighted by molar-refractivity contribution is 5.75. The molecule has 0 amide bonds. The lowest BCUT2D eigenvalue weighted by molar-refractivity contribution is -0.160. The third-order valence-electron chi connectivity index (χ3n) is 2.97. The quantitative estimate of drug-likeness (QED) is 0.548. The number of Topliss-reactive ketones (excluding diaryl/α,β-unsaturated/α-hetero) is 1. The minimum absolute atomic E-state index is 0.127.